The predicted molar refractivity (Wildman–Crippen MR) is 57.1 cm³/mol. The van der Waals surface area contributed by atoms with Crippen LogP contribution in [0.3, 0.4) is 0 Å². The number of hydrogen-bond donors (Lipinski definition) is 2. The van der Waals surface area contributed by atoms with Crippen LogP contribution in [0.2, 0.25) is 0 Å². The fraction of sp³-hybridized carbons (Fsp3) is 0.600. The summed E-state index contributed by atoms with van der Waals surface area (Å²) < 4.78 is 0. The van der Waals surface area contributed by atoms with Crippen molar-refractivity contribution in [3.8, 4) is 6.07 Å². The molecule has 0 saturated heterocycles. The largest absolute Gasteiger partial charge is 0.355 e. The van der Waals surface area contributed by atoms with E-state index >= 15 is 0 Å². The minimum Gasteiger partial charge on any atom is -0.355 e. The summed E-state index contributed by atoms with van der Waals surface area (Å²) in [6.07, 6.45) is 2.95. The van der Waals surface area contributed by atoms with Crippen molar-refractivity contribution in [2.24, 2.45) is 5.41 Å². The smallest absolute Gasteiger partial charge is 0.239 e. The van der Waals surface area contributed by atoms with E-state index in [0.717, 1.165) is 18.7 Å². The van der Waals surface area contributed by atoms with Gasteiger partial charge in [-0.15, -0.1) is 0 Å². The van der Waals surface area contributed by atoms with E-state index in [1.54, 1.807) is 13.8 Å². The zero-order chi connectivity index (χ0) is 12.0. The fourth-order valence-electron chi connectivity index (χ4n) is 1.08. The first-order valence-corrected chi connectivity index (χ1v) is 5.10. The second-order valence-electron chi connectivity index (χ2n) is 4.03. The molecule has 0 aromatic carbocycles. The van der Waals surface area contributed by atoms with Gasteiger partial charge in [0.2, 0.25) is 5.91 Å². The molecule has 16 heavy (non-hydrogen) atoms. The van der Waals surface area contributed by atoms with Gasteiger partial charge in [0.05, 0.1) is 6.07 Å². The highest BCUT2D eigenvalue weighted by atomic mass is 16.2. The Balaban J connectivity index is 2.22. The Morgan fingerprint density at radius 3 is 3.00 bits per heavy atom. The first-order chi connectivity index (χ1) is 7.56. The topological polar surface area (TPSA) is 94.5 Å². The Morgan fingerprint density at radius 1 is 1.69 bits per heavy atom. The number of hydrogen-bond acceptors (Lipinski definition) is 4. The van der Waals surface area contributed by atoms with Crippen LogP contribution in [0.5, 0.6) is 0 Å². The number of H-pyrrole nitrogens is 1. The summed E-state index contributed by atoms with van der Waals surface area (Å²) in [6.45, 7) is 3.72. The second kappa shape index (κ2) is 5.26. The van der Waals surface area contributed by atoms with E-state index in [4.69, 9.17) is 5.26 Å². The number of amides is 1. The van der Waals surface area contributed by atoms with Gasteiger partial charge in [-0.1, -0.05) is 0 Å². The van der Waals surface area contributed by atoms with Crippen molar-refractivity contribution in [2.45, 2.75) is 26.7 Å². The quantitative estimate of drug-likeness (QED) is 0.704. The van der Waals surface area contributed by atoms with E-state index in [1.807, 2.05) is 6.07 Å². The lowest BCUT2D eigenvalue weighted by molar-refractivity contribution is -0.126. The van der Waals surface area contributed by atoms with Gasteiger partial charge in [-0.25, -0.2) is 4.98 Å². The highest BCUT2D eigenvalue weighted by molar-refractivity contribution is 5.84. The molecule has 0 unspecified atom stereocenters. The maximum absolute atomic E-state index is 11.5. The molecule has 0 radical (unpaired) electrons. The van der Waals surface area contributed by atoms with Gasteiger partial charge in [-0.2, -0.15) is 10.4 Å². The van der Waals surface area contributed by atoms with Crippen molar-refractivity contribution >= 4 is 5.91 Å². The zero-order valence-corrected chi connectivity index (χ0v) is 9.45. The molecular formula is C10H15N5O. The van der Waals surface area contributed by atoms with Crippen LogP contribution >= 0.6 is 0 Å². The Bertz CT molecular complexity index is 376. The number of aryl methyl sites for hydroxylation is 1. The molecule has 86 valence electrons. The first-order valence-electron chi connectivity index (χ1n) is 5.10. The molecule has 0 aliphatic rings. The third-order valence-electron chi connectivity index (χ3n) is 2.19. The molecule has 1 amide bonds. The molecule has 2 N–H and O–H groups in total. The van der Waals surface area contributed by atoms with Gasteiger partial charge >= 0.3 is 0 Å². The summed E-state index contributed by atoms with van der Waals surface area (Å²) in [5, 5.41) is 17.9. The van der Waals surface area contributed by atoms with Crippen LogP contribution < -0.4 is 5.32 Å². The van der Waals surface area contributed by atoms with E-state index < -0.39 is 5.41 Å². The number of rotatable bonds is 5. The van der Waals surface area contributed by atoms with Crippen LogP contribution in [0.4, 0.5) is 0 Å². The highest BCUT2D eigenvalue weighted by Crippen LogP contribution is 2.12. The minimum atomic E-state index is -0.966. The van der Waals surface area contributed by atoms with Crippen molar-refractivity contribution in [2.75, 3.05) is 6.54 Å². The van der Waals surface area contributed by atoms with E-state index in [9.17, 15) is 4.79 Å². The van der Waals surface area contributed by atoms with Crippen molar-refractivity contribution in [3.63, 3.8) is 0 Å². The Hall–Kier alpha value is -1.90. The third-order valence-corrected chi connectivity index (χ3v) is 2.19. The van der Waals surface area contributed by atoms with Gasteiger partial charge in [0.1, 0.15) is 17.6 Å². The molecule has 0 aliphatic carbocycles. The number of carbonyl (C=O) groups is 1. The normalized spacial score (nSPS) is 10.8. The van der Waals surface area contributed by atoms with Gasteiger partial charge in [-0.05, 0) is 20.3 Å². The molecule has 6 heteroatoms. The molecule has 0 fully saturated rings. The SMILES string of the molecule is CC(C)(C#N)C(=O)NCCCc1ncn[nH]1. The van der Waals surface area contributed by atoms with Crippen LogP contribution in [0.25, 0.3) is 0 Å². The molecule has 1 aromatic rings. The Labute approximate surface area is 94.1 Å². The standard InChI is InChI=1S/C10H15N5O/c1-10(2,6-11)9(16)12-5-3-4-8-13-7-14-15-8/h7H,3-5H2,1-2H3,(H,12,16)(H,13,14,15). The summed E-state index contributed by atoms with van der Waals surface area (Å²) in [4.78, 5) is 15.5. The number of carbonyl (C=O) groups excluding carboxylic acids is 1. The van der Waals surface area contributed by atoms with E-state index in [0.29, 0.717) is 6.54 Å². The zero-order valence-electron chi connectivity index (χ0n) is 9.45. The number of nitrogens with zero attached hydrogens (tertiary/aromatic N) is 3. The number of aromatic nitrogens is 3. The maximum atomic E-state index is 11.5. The van der Waals surface area contributed by atoms with Crippen LogP contribution in [-0.2, 0) is 11.2 Å². The Kier molecular flexibility index (Phi) is 4.00. The molecule has 6 nitrogen and oxygen atoms in total. The number of nitriles is 1. The van der Waals surface area contributed by atoms with Gasteiger partial charge in [0.25, 0.3) is 0 Å². The van der Waals surface area contributed by atoms with Crippen LogP contribution in [0.1, 0.15) is 26.1 Å². The van der Waals surface area contributed by atoms with Gasteiger partial charge in [-0.3, -0.25) is 9.89 Å². The maximum Gasteiger partial charge on any atom is 0.239 e. The molecule has 0 saturated carbocycles. The molecular weight excluding hydrogens is 206 g/mol. The van der Waals surface area contributed by atoms with Crippen molar-refractivity contribution < 1.29 is 4.79 Å². The highest BCUT2D eigenvalue weighted by Gasteiger charge is 2.26. The fourth-order valence-corrected chi connectivity index (χ4v) is 1.08. The van der Waals surface area contributed by atoms with Gasteiger partial charge in [0.15, 0.2) is 0 Å². The van der Waals surface area contributed by atoms with Crippen LogP contribution in [-0.4, -0.2) is 27.6 Å². The lowest BCUT2D eigenvalue weighted by Gasteiger charge is -2.14. The Morgan fingerprint density at radius 2 is 2.44 bits per heavy atom. The predicted octanol–water partition coefficient (Wildman–Crippen LogP) is 0.403. The summed E-state index contributed by atoms with van der Waals surface area (Å²) in [6, 6.07) is 1.95. The summed E-state index contributed by atoms with van der Waals surface area (Å²) in [5.41, 5.74) is -0.966. The van der Waals surface area contributed by atoms with Crippen LogP contribution in [0.15, 0.2) is 6.33 Å². The summed E-state index contributed by atoms with van der Waals surface area (Å²) in [5.74, 6) is 0.557. The molecule has 0 spiro atoms. The van der Waals surface area contributed by atoms with E-state index in [2.05, 4.69) is 20.5 Å². The minimum absolute atomic E-state index is 0.243. The van der Waals surface area contributed by atoms with Crippen molar-refractivity contribution in [1.82, 2.24) is 20.5 Å². The summed E-state index contributed by atoms with van der Waals surface area (Å²) >= 11 is 0. The molecule has 0 bridgehead atoms. The average Bonchev–Trinajstić information content (AvgIpc) is 2.76. The lowest BCUT2D eigenvalue weighted by Crippen LogP contribution is -2.36. The average molecular weight is 221 g/mol. The second-order valence-corrected chi connectivity index (χ2v) is 4.03. The first kappa shape index (κ1) is 12.2. The van der Waals surface area contributed by atoms with Gasteiger partial charge in [0, 0.05) is 13.0 Å². The van der Waals surface area contributed by atoms with Crippen molar-refractivity contribution in [3.05, 3.63) is 12.2 Å². The number of nitrogens with one attached hydrogen (secondary N) is 2. The monoisotopic (exact) mass is 221 g/mol. The third kappa shape index (κ3) is 3.35. The molecule has 0 aliphatic heterocycles. The van der Waals surface area contributed by atoms with E-state index in [1.165, 1.54) is 6.33 Å². The molecule has 1 aromatic heterocycles. The number of aromatic amines is 1. The van der Waals surface area contributed by atoms with Crippen molar-refractivity contribution in [1.29, 1.82) is 5.26 Å². The van der Waals surface area contributed by atoms with Gasteiger partial charge < -0.3 is 5.32 Å². The van der Waals surface area contributed by atoms with Crippen LogP contribution in [0, 0.1) is 16.7 Å². The molecule has 0 atom stereocenters. The van der Waals surface area contributed by atoms with E-state index in [-0.39, 0.29) is 5.91 Å². The lowest BCUT2D eigenvalue weighted by atomic mass is 9.95. The summed E-state index contributed by atoms with van der Waals surface area (Å²) in [7, 11) is 0. The molecule has 1 heterocycles. The molecule has 1 rings (SSSR count).